The van der Waals surface area contributed by atoms with Gasteiger partial charge >= 0.3 is 0 Å². The Labute approximate surface area is 118 Å². The third-order valence-electron chi connectivity index (χ3n) is 5.37. The van der Waals surface area contributed by atoms with E-state index < -0.39 is 8.32 Å². The van der Waals surface area contributed by atoms with Crippen LogP contribution in [0.1, 0.15) is 33.6 Å². The van der Waals surface area contributed by atoms with Crippen LogP contribution in [0.5, 0.6) is 0 Å². The van der Waals surface area contributed by atoms with Gasteiger partial charge in [-0.15, -0.1) is 0 Å². The molecule has 110 valence electrons. The minimum absolute atomic E-state index is 0.0828. The number of hydrogen-bond donors (Lipinski definition) is 0. The van der Waals surface area contributed by atoms with Crippen LogP contribution in [0, 0.1) is 17.8 Å². The van der Waals surface area contributed by atoms with E-state index in [4.69, 9.17) is 9.16 Å². The van der Waals surface area contributed by atoms with Crippen LogP contribution in [0.25, 0.3) is 0 Å². The molecule has 1 heterocycles. The molecule has 0 radical (unpaired) electrons. The molecule has 0 aromatic rings. The Balaban J connectivity index is 1.97. The first-order valence-electron chi connectivity index (χ1n) is 7.47. The highest BCUT2D eigenvalue weighted by Gasteiger charge is 2.45. The molecule has 2 fully saturated rings. The summed E-state index contributed by atoms with van der Waals surface area (Å²) >= 11 is 0. The first-order chi connectivity index (χ1) is 8.72. The van der Waals surface area contributed by atoms with Crippen molar-refractivity contribution in [2.75, 3.05) is 19.8 Å². The van der Waals surface area contributed by atoms with Crippen molar-refractivity contribution in [2.24, 2.45) is 17.8 Å². The number of fused-ring (bicyclic) bond motifs is 1. The van der Waals surface area contributed by atoms with Crippen LogP contribution in [0.4, 0.5) is 0 Å². The Kier molecular flexibility index (Phi) is 4.24. The average molecular weight is 284 g/mol. The Morgan fingerprint density at radius 2 is 2.05 bits per heavy atom. The van der Waals surface area contributed by atoms with Gasteiger partial charge in [-0.2, -0.15) is 0 Å². The predicted molar refractivity (Wildman–Crippen MR) is 78.7 cm³/mol. The van der Waals surface area contributed by atoms with Gasteiger partial charge in [0.25, 0.3) is 0 Å². The number of ether oxygens (including phenoxy) is 1. The summed E-state index contributed by atoms with van der Waals surface area (Å²) in [6, 6.07) is 0. The Morgan fingerprint density at radius 3 is 2.68 bits per heavy atom. The monoisotopic (exact) mass is 284 g/mol. The molecular formula is C15H28O3Si. The number of rotatable bonds is 3. The van der Waals surface area contributed by atoms with Crippen molar-refractivity contribution < 1.29 is 14.0 Å². The summed E-state index contributed by atoms with van der Waals surface area (Å²) in [5, 5.41) is 0.205. The number of Topliss-reactive ketones (excluding diaryl/α,β-unsaturated/α-hetero) is 1. The molecule has 0 bridgehead atoms. The normalized spacial score (nSPS) is 32.5. The third kappa shape index (κ3) is 3.11. The van der Waals surface area contributed by atoms with Crippen LogP contribution >= 0.6 is 0 Å². The van der Waals surface area contributed by atoms with Crippen LogP contribution in [0.3, 0.4) is 0 Å². The van der Waals surface area contributed by atoms with Crippen molar-refractivity contribution >= 4 is 14.1 Å². The third-order valence-corrected chi connectivity index (χ3v) is 9.87. The molecule has 0 spiro atoms. The Bertz CT molecular complexity index is 346. The largest absolute Gasteiger partial charge is 0.416 e. The van der Waals surface area contributed by atoms with E-state index in [1.807, 2.05) is 0 Å². The quantitative estimate of drug-likeness (QED) is 0.746. The van der Waals surface area contributed by atoms with Gasteiger partial charge in [-0.3, -0.25) is 4.79 Å². The van der Waals surface area contributed by atoms with Gasteiger partial charge in [-0.05, 0) is 36.4 Å². The maximum absolute atomic E-state index is 12.2. The SMILES string of the molecule is CC(C)(C)[Si](C)(C)OC[C@@H]1C(=O)C[C@H]2CCOC[C@H]21. The lowest BCUT2D eigenvalue weighted by molar-refractivity contribution is -0.122. The lowest BCUT2D eigenvalue weighted by Gasteiger charge is -2.38. The first-order valence-corrected chi connectivity index (χ1v) is 10.4. The summed E-state index contributed by atoms with van der Waals surface area (Å²) in [6.45, 7) is 13.4. The van der Waals surface area contributed by atoms with Gasteiger partial charge in [0.05, 0.1) is 6.61 Å². The number of ketones is 1. The van der Waals surface area contributed by atoms with Crippen LogP contribution in [0.15, 0.2) is 0 Å². The molecule has 1 saturated carbocycles. The molecule has 3 atom stereocenters. The molecule has 3 nitrogen and oxygen atoms in total. The second-order valence-electron chi connectivity index (χ2n) is 7.64. The molecule has 1 aliphatic carbocycles. The molecule has 0 unspecified atom stereocenters. The van der Waals surface area contributed by atoms with Gasteiger partial charge in [0.1, 0.15) is 5.78 Å². The van der Waals surface area contributed by atoms with Gasteiger partial charge in [-0.25, -0.2) is 0 Å². The highest BCUT2D eigenvalue weighted by Crippen LogP contribution is 2.41. The second kappa shape index (κ2) is 5.30. The Hall–Kier alpha value is -0.193. The predicted octanol–water partition coefficient (Wildman–Crippen LogP) is 3.25. The summed E-state index contributed by atoms with van der Waals surface area (Å²) in [6.07, 6.45) is 1.80. The lowest BCUT2D eigenvalue weighted by atomic mass is 9.87. The molecule has 2 aliphatic rings. The summed E-state index contributed by atoms with van der Waals surface area (Å²) in [5.41, 5.74) is 0. The fourth-order valence-electron chi connectivity index (χ4n) is 2.88. The molecule has 0 aromatic heterocycles. The molecule has 2 rings (SSSR count). The van der Waals surface area contributed by atoms with Crippen molar-refractivity contribution in [1.29, 1.82) is 0 Å². The number of carbonyl (C=O) groups excluding carboxylic acids is 1. The van der Waals surface area contributed by atoms with Crippen molar-refractivity contribution in [3.05, 3.63) is 0 Å². The molecule has 0 N–H and O–H groups in total. The topological polar surface area (TPSA) is 35.5 Å². The van der Waals surface area contributed by atoms with Gasteiger partial charge in [0, 0.05) is 25.6 Å². The van der Waals surface area contributed by atoms with Crippen LogP contribution < -0.4 is 0 Å². The summed E-state index contributed by atoms with van der Waals surface area (Å²) in [7, 11) is -1.75. The van der Waals surface area contributed by atoms with E-state index in [0.29, 0.717) is 24.2 Å². The van der Waals surface area contributed by atoms with Crippen LogP contribution in [-0.4, -0.2) is 33.9 Å². The minimum Gasteiger partial charge on any atom is -0.416 e. The Morgan fingerprint density at radius 1 is 1.37 bits per heavy atom. The minimum atomic E-state index is -1.75. The molecule has 1 aliphatic heterocycles. The maximum Gasteiger partial charge on any atom is 0.192 e. The highest BCUT2D eigenvalue weighted by atomic mass is 28.4. The van der Waals surface area contributed by atoms with E-state index in [-0.39, 0.29) is 11.0 Å². The van der Waals surface area contributed by atoms with E-state index in [1.165, 1.54) is 0 Å². The van der Waals surface area contributed by atoms with Crippen molar-refractivity contribution in [1.82, 2.24) is 0 Å². The van der Waals surface area contributed by atoms with Gasteiger partial charge in [0.15, 0.2) is 8.32 Å². The smallest absolute Gasteiger partial charge is 0.192 e. The van der Waals surface area contributed by atoms with Crippen LogP contribution in [-0.2, 0) is 14.0 Å². The van der Waals surface area contributed by atoms with E-state index in [9.17, 15) is 4.79 Å². The maximum atomic E-state index is 12.2. The van der Waals surface area contributed by atoms with Crippen molar-refractivity contribution in [3.8, 4) is 0 Å². The highest BCUT2D eigenvalue weighted by molar-refractivity contribution is 6.74. The van der Waals surface area contributed by atoms with Crippen molar-refractivity contribution in [2.45, 2.75) is 51.7 Å². The molecule has 4 heteroatoms. The van der Waals surface area contributed by atoms with Crippen LogP contribution in [0.2, 0.25) is 18.1 Å². The standard InChI is InChI=1S/C15H28O3Si/c1-15(2,3)19(4,5)18-10-13-12-9-17-7-6-11(12)8-14(13)16/h11-13H,6-10H2,1-5H3/t11-,12-,13+/m1/s1. The molecule has 1 saturated heterocycles. The second-order valence-corrected chi connectivity index (χ2v) is 12.4. The van der Waals surface area contributed by atoms with E-state index in [0.717, 1.165) is 26.1 Å². The molecule has 0 aromatic carbocycles. The van der Waals surface area contributed by atoms with E-state index in [1.54, 1.807) is 0 Å². The zero-order valence-electron chi connectivity index (χ0n) is 13.0. The van der Waals surface area contributed by atoms with E-state index >= 15 is 0 Å². The van der Waals surface area contributed by atoms with Gasteiger partial charge < -0.3 is 9.16 Å². The van der Waals surface area contributed by atoms with Gasteiger partial charge in [-0.1, -0.05) is 20.8 Å². The first kappa shape index (κ1) is 15.2. The lowest BCUT2D eigenvalue weighted by Crippen LogP contribution is -2.43. The number of carbonyl (C=O) groups is 1. The summed E-state index contributed by atoms with van der Waals surface area (Å²) in [5.74, 6) is 1.44. The molecular weight excluding hydrogens is 256 g/mol. The fraction of sp³-hybridized carbons (Fsp3) is 0.933. The fourth-order valence-corrected chi connectivity index (χ4v) is 3.91. The molecule has 19 heavy (non-hydrogen) atoms. The molecule has 0 amide bonds. The summed E-state index contributed by atoms with van der Waals surface area (Å²) in [4.78, 5) is 12.2. The van der Waals surface area contributed by atoms with Gasteiger partial charge in [0.2, 0.25) is 0 Å². The zero-order chi connectivity index (χ0) is 14.3. The zero-order valence-corrected chi connectivity index (χ0v) is 14.0. The average Bonchev–Trinajstić information content (AvgIpc) is 2.60. The van der Waals surface area contributed by atoms with E-state index in [2.05, 4.69) is 33.9 Å². The van der Waals surface area contributed by atoms with Crippen molar-refractivity contribution in [3.63, 3.8) is 0 Å². The number of hydrogen-bond acceptors (Lipinski definition) is 3. The summed E-state index contributed by atoms with van der Waals surface area (Å²) < 4.78 is 11.8.